The summed E-state index contributed by atoms with van der Waals surface area (Å²) in [6.45, 7) is 16.8. The number of ketones is 1. The van der Waals surface area contributed by atoms with Crippen LogP contribution in [-0.4, -0.2) is 47.0 Å². The molecule has 0 spiro atoms. The molecule has 3 aromatic rings. The van der Waals surface area contributed by atoms with E-state index in [0.717, 1.165) is 40.6 Å². The Balaban J connectivity index is 1.86. The van der Waals surface area contributed by atoms with Crippen LogP contribution in [0.3, 0.4) is 0 Å². The minimum atomic E-state index is -1.07. The summed E-state index contributed by atoms with van der Waals surface area (Å²) in [5.74, 6) is -0.751. The van der Waals surface area contributed by atoms with Crippen LogP contribution in [0, 0.1) is 11.8 Å². The number of halogens is 1. The Bertz CT molecular complexity index is 1200. The number of fused-ring (bicyclic) bond motifs is 3. The molecule has 2 atom stereocenters. The van der Waals surface area contributed by atoms with Gasteiger partial charge in [0.1, 0.15) is 6.67 Å². The third kappa shape index (κ3) is 5.69. The Kier molecular flexibility index (Phi) is 9.08. The topological polar surface area (TPSA) is 54.3 Å². The van der Waals surface area contributed by atoms with E-state index in [-0.39, 0.29) is 30.6 Å². The van der Waals surface area contributed by atoms with Crippen molar-refractivity contribution in [3.8, 4) is 0 Å². The SMILES string of the molecule is C=C(NC(CC(=C)N(CC)CC)C(=O)CF)[C@@H](CC(=O)n1c2ccccc2c2ccccc21)C(C)C. The number of hydrogen-bond acceptors (Lipinski definition) is 4. The van der Waals surface area contributed by atoms with Crippen molar-refractivity contribution in [3.05, 3.63) is 73.1 Å². The molecule has 1 heterocycles. The van der Waals surface area contributed by atoms with Gasteiger partial charge in [-0.1, -0.05) is 63.4 Å². The molecule has 0 radical (unpaired) electrons. The second-order valence-corrected chi connectivity index (χ2v) is 9.58. The predicted molar refractivity (Wildman–Crippen MR) is 147 cm³/mol. The molecule has 1 N–H and O–H groups in total. The zero-order valence-corrected chi connectivity index (χ0v) is 21.9. The summed E-state index contributed by atoms with van der Waals surface area (Å²) >= 11 is 0. The standard InChI is InChI=1S/C30H38FN3O2/c1-7-33(8-2)21(5)17-26(29(35)19-31)32-22(6)25(20(3)4)18-30(36)34-27-15-11-9-13-23(27)24-14-10-12-16-28(24)34/h9-16,20,25-26,32H,5-8,17-19H2,1-4H3/t25-,26?/m0/s1. The summed E-state index contributed by atoms with van der Waals surface area (Å²) < 4.78 is 15.2. The summed E-state index contributed by atoms with van der Waals surface area (Å²) in [6.07, 6.45) is 0.495. The lowest BCUT2D eigenvalue weighted by molar-refractivity contribution is -0.121. The van der Waals surface area contributed by atoms with E-state index in [9.17, 15) is 14.0 Å². The monoisotopic (exact) mass is 491 g/mol. The van der Waals surface area contributed by atoms with Crippen molar-refractivity contribution >= 4 is 33.5 Å². The molecule has 3 rings (SSSR count). The fraction of sp³-hybridized carbons (Fsp3) is 0.400. The number of rotatable bonds is 13. The molecule has 6 heteroatoms. The Morgan fingerprint density at radius 3 is 1.94 bits per heavy atom. The van der Waals surface area contributed by atoms with E-state index in [1.165, 1.54) is 0 Å². The van der Waals surface area contributed by atoms with Gasteiger partial charge in [-0.05, 0) is 31.9 Å². The van der Waals surface area contributed by atoms with E-state index in [2.05, 4.69) is 23.4 Å². The minimum absolute atomic E-state index is 0.0463. The average Bonchev–Trinajstić information content (AvgIpc) is 3.21. The van der Waals surface area contributed by atoms with Crippen molar-refractivity contribution in [3.63, 3.8) is 0 Å². The van der Waals surface area contributed by atoms with Crippen LogP contribution >= 0.6 is 0 Å². The predicted octanol–water partition coefficient (Wildman–Crippen LogP) is 6.35. The maximum Gasteiger partial charge on any atom is 0.232 e. The molecule has 0 saturated carbocycles. The molecule has 192 valence electrons. The molecule has 0 aliphatic heterocycles. The van der Waals surface area contributed by atoms with Gasteiger partial charge in [0.25, 0.3) is 0 Å². The van der Waals surface area contributed by atoms with E-state index < -0.39 is 18.5 Å². The summed E-state index contributed by atoms with van der Waals surface area (Å²) in [5, 5.41) is 5.24. The van der Waals surface area contributed by atoms with Gasteiger partial charge in [-0.2, -0.15) is 0 Å². The van der Waals surface area contributed by atoms with E-state index in [1.54, 1.807) is 4.57 Å². The molecule has 0 saturated heterocycles. The van der Waals surface area contributed by atoms with E-state index in [0.29, 0.717) is 5.70 Å². The molecule has 0 amide bonds. The first-order chi connectivity index (χ1) is 17.2. The number of carbonyl (C=O) groups excluding carboxylic acids is 2. The maximum atomic E-state index is 13.7. The van der Waals surface area contributed by atoms with Gasteiger partial charge in [-0.3, -0.25) is 14.2 Å². The molecular formula is C30H38FN3O2. The second kappa shape index (κ2) is 12.0. The number of aromatic nitrogens is 1. The highest BCUT2D eigenvalue weighted by Gasteiger charge is 2.28. The number of Topliss-reactive ketones (excluding diaryl/α,β-unsaturated/α-hetero) is 1. The maximum absolute atomic E-state index is 13.7. The first kappa shape index (κ1) is 27.2. The van der Waals surface area contributed by atoms with Gasteiger partial charge in [-0.25, -0.2) is 4.39 Å². The Hall–Kier alpha value is -3.41. The molecule has 0 fully saturated rings. The summed E-state index contributed by atoms with van der Waals surface area (Å²) in [6, 6.07) is 15.0. The molecule has 0 bridgehead atoms. The van der Waals surface area contributed by atoms with Crippen LogP contribution in [0.2, 0.25) is 0 Å². The third-order valence-electron chi connectivity index (χ3n) is 7.01. The number of para-hydroxylation sites is 2. The van der Waals surface area contributed by atoms with Crippen molar-refractivity contribution in [2.45, 2.75) is 46.6 Å². The van der Waals surface area contributed by atoms with Gasteiger partial charge in [0.2, 0.25) is 5.91 Å². The first-order valence-electron chi connectivity index (χ1n) is 12.7. The number of carbonyl (C=O) groups is 2. The van der Waals surface area contributed by atoms with Gasteiger partial charge in [0.05, 0.1) is 17.1 Å². The van der Waals surface area contributed by atoms with Crippen LogP contribution in [0.25, 0.3) is 21.8 Å². The molecule has 1 unspecified atom stereocenters. The summed E-state index contributed by atoms with van der Waals surface area (Å²) in [7, 11) is 0. The Morgan fingerprint density at radius 2 is 1.47 bits per heavy atom. The fourth-order valence-electron chi connectivity index (χ4n) is 4.94. The Labute approximate surface area is 213 Å². The molecule has 0 aliphatic rings. The van der Waals surface area contributed by atoms with Crippen molar-refractivity contribution in [2.75, 3.05) is 19.8 Å². The van der Waals surface area contributed by atoms with Gasteiger partial charge >= 0.3 is 0 Å². The van der Waals surface area contributed by atoms with Crippen molar-refractivity contribution in [1.29, 1.82) is 0 Å². The number of alkyl halides is 1. The van der Waals surface area contributed by atoms with Crippen LogP contribution in [0.5, 0.6) is 0 Å². The molecule has 36 heavy (non-hydrogen) atoms. The molecule has 1 aromatic heterocycles. The first-order valence-corrected chi connectivity index (χ1v) is 12.7. The third-order valence-corrected chi connectivity index (χ3v) is 7.01. The lowest BCUT2D eigenvalue weighted by Crippen LogP contribution is -2.41. The van der Waals surface area contributed by atoms with Gasteiger partial charge < -0.3 is 10.2 Å². The van der Waals surface area contributed by atoms with E-state index in [4.69, 9.17) is 0 Å². The number of allylic oxidation sites excluding steroid dienone is 1. The quantitative estimate of drug-likeness (QED) is 0.303. The van der Waals surface area contributed by atoms with Crippen LogP contribution in [0.4, 0.5) is 4.39 Å². The van der Waals surface area contributed by atoms with Crippen LogP contribution in [-0.2, 0) is 4.79 Å². The van der Waals surface area contributed by atoms with Crippen molar-refractivity contribution in [2.24, 2.45) is 11.8 Å². The van der Waals surface area contributed by atoms with E-state index >= 15 is 0 Å². The number of nitrogens with zero attached hydrogens (tertiary/aromatic N) is 2. The largest absolute Gasteiger partial charge is 0.378 e. The molecule has 2 aromatic carbocycles. The zero-order chi connectivity index (χ0) is 26.4. The Morgan fingerprint density at radius 1 is 0.944 bits per heavy atom. The second-order valence-electron chi connectivity index (χ2n) is 9.58. The number of nitrogens with one attached hydrogen (secondary N) is 1. The lowest BCUT2D eigenvalue weighted by atomic mass is 9.88. The fourth-order valence-corrected chi connectivity index (χ4v) is 4.94. The summed E-state index contributed by atoms with van der Waals surface area (Å²) in [4.78, 5) is 28.2. The molecule has 5 nitrogen and oxygen atoms in total. The van der Waals surface area contributed by atoms with Gasteiger partial charge in [-0.15, -0.1) is 0 Å². The van der Waals surface area contributed by atoms with Crippen molar-refractivity contribution < 1.29 is 14.0 Å². The van der Waals surface area contributed by atoms with Gasteiger partial charge in [0, 0.05) is 54.0 Å². The average molecular weight is 492 g/mol. The van der Waals surface area contributed by atoms with Crippen LogP contribution < -0.4 is 5.32 Å². The minimum Gasteiger partial charge on any atom is -0.378 e. The number of hydrogen-bond donors (Lipinski definition) is 1. The number of benzene rings is 2. The summed E-state index contributed by atoms with van der Waals surface area (Å²) in [5.41, 5.74) is 3.07. The highest BCUT2D eigenvalue weighted by atomic mass is 19.1. The highest BCUT2D eigenvalue weighted by Crippen LogP contribution is 2.31. The van der Waals surface area contributed by atoms with E-state index in [1.807, 2.05) is 76.2 Å². The smallest absolute Gasteiger partial charge is 0.232 e. The lowest BCUT2D eigenvalue weighted by Gasteiger charge is -2.30. The van der Waals surface area contributed by atoms with Crippen LogP contribution in [0.1, 0.15) is 45.3 Å². The normalized spacial score (nSPS) is 13.1. The van der Waals surface area contributed by atoms with Gasteiger partial charge in [0.15, 0.2) is 5.78 Å². The highest BCUT2D eigenvalue weighted by molar-refractivity contribution is 6.13. The molecule has 0 aliphatic carbocycles. The van der Waals surface area contributed by atoms with Crippen LogP contribution in [0.15, 0.2) is 73.1 Å². The molecular weight excluding hydrogens is 453 g/mol. The van der Waals surface area contributed by atoms with Crippen molar-refractivity contribution in [1.82, 2.24) is 14.8 Å². The zero-order valence-electron chi connectivity index (χ0n) is 21.9.